The van der Waals surface area contributed by atoms with Crippen LogP contribution in [0.1, 0.15) is 0 Å². The molecule has 0 spiro atoms. The molecule has 1 fully saturated rings. The summed E-state index contributed by atoms with van der Waals surface area (Å²) in [6.45, 7) is 0. The van der Waals surface area contributed by atoms with E-state index in [1.54, 1.807) is 0 Å². The van der Waals surface area contributed by atoms with Crippen LogP contribution in [0.3, 0.4) is 0 Å². The van der Waals surface area contributed by atoms with Crippen LogP contribution in [0.4, 0.5) is 0 Å². The molecule has 0 aromatic rings. The topological polar surface area (TPSA) is 0 Å². The minimum atomic E-state index is 0. The zero-order valence-electron chi connectivity index (χ0n) is 4.02. The Kier molecular flexibility index (Phi) is 22.3. The van der Waals surface area contributed by atoms with Crippen LogP contribution in [-0.2, 0) is 20.4 Å². The molecule has 0 saturated heterocycles. The van der Waals surface area contributed by atoms with Crippen molar-refractivity contribution in [2.45, 2.75) is 0 Å². The van der Waals surface area contributed by atoms with Gasteiger partial charge in [0.05, 0.1) is 0 Å². The van der Waals surface area contributed by atoms with Crippen LogP contribution in [0.5, 0.6) is 0 Å². The summed E-state index contributed by atoms with van der Waals surface area (Å²) in [5.74, 6) is 0. The van der Waals surface area contributed by atoms with Crippen LogP contribution in [0.2, 0.25) is 0 Å². The molecule has 6 radical (unpaired) electrons. The van der Waals surface area contributed by atoms with E-state index in [4.69, 9.17) is 0 Å². The van der Waals surface area contributed by atoms with Gasteiger partial charge < -0.3 is 24.8 Å². The quantitative estimate of drug-likeness (QED) is 0.419. The van der Waals surface area contributed by atoms with Gasteiger partial charge in [0, 0.05) is 20.4 Å². The molecular weight excluding hydrogens is 317 g/mol. The third-order valence-electron chi connectivity index (χ3n) is 0.556. The van der Waals surface area contributed by atoms with Gasteiger partial charge >= 0.3 is 0 Å². The molecule has 0 bridgehead atoms. The molecular formula is C5H5Cl2Re-2. The molecule has 0 aliphatic heterocycles. The predicted octanol–water partition coefficient (Wildman–Crippen LogP) is -4.97. The Hall–Kier alpha value is 1.24. The Morgan fingerprint density at radius 2 is 0.625 bits per heavy atom. The average molecular weight is 322 g/mol. The standard InChI is InChI=1S/C5H5.2ClH.Re/c1-2-4-5-3-1;;;/h1-5H;2*1H;/p-2. The van der Waals surface area contributed by atoms with Crippen molar-refractivity contribution in [3.05, 3.63) is 32.1 Å². The summed E-state index contributed by atoms with van der Waals surface area (Å²) >= 11 is 0. The summed E-state index contributed by atoms with van der Waals surface area (Å²) in [7, 11) is 0. The van der Waals surface area contributed by atoms with E-state index in [0.717, 1.165) is 0 Å². The Morgan fingerprint density at radius 3 is 0.750 bits per heavy atom. The minimum Gasteiger partial charge on any atom is -1.00 e. The molecule has 0 N–H and O–H groups in total. The van der Waals surface area contributed by atoms with Crippen molar-refractivity contribution < 1.29 is 45.2 Å². The molecule has 0 atom stereocenters. The monoisotopic (exact) mass is 322 g/mol. The van der Waals surface area contributed by atoms with Crippen molar-refractivity contribution in [2.24, 2.45) is 0 Å². The third-order valence-corrected chi connectivity index (χ3v) is 0.556. The zero-order chi connectivity index (χ0) is 3.54. The predicted molar refractivity (Wildman–Crippen MR) is 21.5 cm³/mol. The molecule has 0 unspecified atom stereocenters. The first-order valence-electron chi connectivity index (χ1n) is 1.67. The maximum Gasteiger partial charge on any atom is 0 e. The van der Waals surface area contributed by atoms with Crippen LogP contribution in [-0.4, -0.2) is 0 Å². The van der Waals surface area contributed by atoms with Crippen molar-refractivity contribution in [2.75, 3.05) is 0 Å². The fraction of sp³-hybridized carbons (Fsp3) is 0. The second-order valence-corrected chi connectivity index (χ2v) is 0.962. The molecule has 1 aliphatic carbocycles. The summed E-state index contributed by atoms with van der Waals surface area (Å²) in [6.07, 6.45) is 10.0. The van der Waals surface area contributed by atoms with Crippen molar-refractivity contribution in [1.82, 2.24) is 0 Å². The van der Waals surface area contributed by atoms with Gasteiger partial charge in [0.15, 0.2) is 0 Å². The van der Waals surface area contributed by atoms with E-state index in [2.05, 4.69) is 0 Å². The van der Waals surface area contributed by atoms with Gasteiger partial charge in [0.25, 0.3) is 0 Å². The fourth-order valence-electron chi connectivity index (χ4n) is 0.321. The second kappa shape index (κ2) is 11.1. The second-order valence-electron chi connectivity index (χ2n) is 0.962. The molecule has 0 nitrogen and oxygen atoms in total. The summed E-state index contributed by atoms with van der Waals surface area (Å²) in [5, 5.41) is 0. The van der Waals surface area contributed by atoms with Gasteiger partial charge in [-0.2, -0.15) is 0 Å². The maximum atomic E-state index is 2.00. The van der Waals surface area contributed by atoms with Crippen molar-refractivity contribution in [3.63, 3.8) is 0 Å². The van der Waals surface area contributed by atoms with Gasteiger partial charge in [-0.25, -0.2) is 0 Å². The largest absolute Gasteiger partial charge is 1.00 e. The number of hydrogen-bond acceptors (Lipinski definition) is 0. The minimum absolute atomic E-state index is 0. The fourth-order valence-corrected chi connectivity index (χ4v) is 0.321. The van der Waals surface area contributed by atoms with E-state index in [1.165, 1.54) is 0 Å². The summed E-state index contributed by atoms with van der Waals surface area (Å²) in [4.78, 5) is 0. The molecule has 0 amide bonds. The van der Waals surface area contributed by atoms with E-state index < -0.39 is 0 Å². The van der Waals surface area contributed by atoms with E-state index in [1.807, 2.05) is 32.1 Å². The normalized spacial score (nSPS) is 15.0. The van der Waals surface area contributed by atoms with Crippen molar-refractivity contribution in [1.29, 1.82) is 0 Å². The smallest absolute Gasteiger partial charge is 0 e. The molecule has 48 valence electrons. The first kappa shape index (κ1) is 16.1. The van der Waals surface area contributed by atoms with Crippen molar-refractivity contribution >= 4 is 0 Å². The molecule has 1 saturated carbocycles. The van der Waals surface area contributed by atoms with Gasteiger partial charge in [-0.3, -0.25) is 0 Å². The Labute approximate surface area is 77.3 Å². The molecule has 8 heavy (non-hydrogen) atoms. The Morgan fingerprint density at radius 1 is 0.500 bits per heavy atom. The van der Waals surface area contributed by atoms with Crippen LogP contribution in [0, 0.1) is 32.1 Å². The summed E-state index contributed by atoms with van der Waals surface area (Å²) < 4.78 is 0. The summed E-state index contributed by atoms with van der Waals surface area (Å²) in [6, 6.07) is 0. The number of halogens is 2. The van der Waals surface area contributed by atoms with Gasteiger partial charge in [-0.1, -0.05) is 0 Å². The zero-order valence-corrected chi connectivity index (χ0v) is 8.25. The van der Waals surface area contributed by atoms with Crippen LogP contribution >= 0.6 is 0 Å². The van der Waals surface area contributed by atoms with E-state index in [-0.39, 0.29) is 45.2 Å². The number of rotatable bonds is 0. The van der Waals surface area contributed by atoms with Crippen LogP contribution in [0.25, 0.3) is 0 Å². The van der Waals surface area contributed by atoms with E-state index in [0.29, 0.717) is 0 Å². The van der Waals surface area contributed by atoms with Crippen molar-refractivity contribution in [3.8, 4) is 0 Å². The summed E-state index contributed by atoms with van der Waals surface area (Å²) in [5.41, 5.74) is 0. The molecule has 0 aromatic carbocycles. The SMILES string of the molecule is [CH]1[CH][CH][CH][CH]1.[Cl-].[Cl-].[Re]. The van der Waals surface area contributed by atoms with Crippen LogP contribution in [0.15, 0.2) is 0 Å². The molecule has 1 aliphatic rings. The molecule has 3 heteroatoms. The molecule has 1 rings (SSSR count). The first-order chi connectivity index (χ1) is 2.50. The van der Waals surface area contributed by atoms with E-state index in [9.17, 15) is 0 Å². The van der Waals surface area contributed by atoms with Crippen LogP contribution < -0.4 is 24.8 Å². The average Bonchev–Trinajstić information content (AvgIpc) is 1.76. The Balaban J connectivity index is -0.0000000833. The van der Waals surface area contributed by atoms with Gasteiger partial charge in [-0.05, 0) is 32.1 Å². The molecule has 0 heterocycles. The van der Waals surface area contributed by atoms with Gasteiger partial charge in [0.1, 0.15) is 0 Å². The Bertz CT molecular complexity index is 22.0. The maximum absolute atomic E-state index is 2.00. The first-order valence-corrected chi connectivity index (χ1v) is 1.67. The number of hydrogen-bond donors (Lipinski definition) is 0. The van der Waals surface area contributed by atoms with E-state index >= 15 is 0 Å². The van der Waals surface area contributed by atoms with Gasteiger partial charge in [0.2, 0.25) is 0 Å². The van der Waals surface area contributed by atoms with Gasteiger partial charge in [-0.15, -0.1) is 0 Å². The molecule has 0 aromatic heterocycles. The third kappa shape index (κ3) is 7.24.